The first kappa shape index (κ1) is 18.4. The number of amides is 1. The average molecular weight is 379 g/mol. The lowest BCUT2D eigenvalue weighted by molar-refractivity contribution is -0.115. The predicted molar refractivity (Wildman–Crippen MR) is 96.5 cm³/mol. The number of carbonyl (C=O) groups excluding carboxylic acids is 1. The van der Waals surface area contributed by atoms with Crippen molar-refractivity contribution in [3.63, 3.8) is 0 Å². The van der Waals surface area contributed by atoms with Crippen LogP contribution in [0.15, 0.2) is 58.0 Å². The van der Waals surface area contributed by atoms with Gasteiger partial charge < -0.3 is 9.73 Å². The lowest BCUT2D eigenvalue weighted by Gasteiger charge is -2.11. The standard InChI is InChI=1S/C19H16F3NO2S/c1-12-6-7-14-13(10-25-16(14)8-12)9-18(24)23-15-4-2-3-5-17(15)26-11-19(20,21)22/h2-8,10H,9,11H2,1H3,(H,23,24). The molecular weight excluding hydrogens is 363 g/mol. The van der Waals surface area contributed by atoms with Crippen molar-refractivity contribution in [3.8, 4) is 0 Å². The Labute approximate surface area is 152 Å². The first-order chi connectivity index (χ1) is 12.3. The van der Waals surface area contributed by atoms with E-state index in [0.717, 1.165) is 16.5 Å². The second-order valence-electron chi connectivity index (χ2n) is 5.89. The number of carbonyl (C=O) groups is 1. The molecule has 26 heavy (non-hydrogen) atoms. The smallest absolute Gasteiger partial charge is 0.398 e. The monoisotopic (exact) mass is 379 g/mol. The first-order valence-corrected chi connectivity index (χ1v) is 8.85. The second kappa shape index (κ2) is 7.45. The molecule has 1 N–H and O–H groups in total. The van der Waals surface area contributed by atoms with Crippen LogP contribution in [0.1, 0.15) is 11.1 Å². The number of nitrogens with one attached hydrogen (secondary N) is 1. The predicted octanol–water partition coefficient (Wildman–Crippen LogP) is 5.58. The van der Waals surface area contributed by atoms with Gasteiger partial charge in [-0.15, -0.1) is 11.8 Å². The summed E-state index contributed by atoms with van der Waals surface area (Å²) >= 11 is 0.650. The Morgan fingerprint density at radius 3 is 2.73 bits per heavy atom. The number of para-hydroxylation sites is 1. The second-order valence-corrected chi connectivity index (χ2v) is 6.90. The van der Waals surface area contributed by atoms with Crippen molar-refractivity contribution in [1.29, 1.82) is 0 Å². The Kier molecular flexibility index (Phi) is 5.27. The Hall–Kier alpha value is -2.41. The molecule has 3 nitrogen and oxygen atoms in total. The van der Waals surface area contributed by atoms with E-state index in [1.165, 1.54) is 6.26 Å². The van der Waals surface area contributed by atoms with Crippen LogP contribution in [-0.2, 0) is 11.2 Å². The summed E-state index contributed by atoms with van der Waals surface area (Å²) in [4.78, 5) is 12.7. The van der Waals surface area contributed by atoms with Crippen LogP contribution in [-0.4, -0.2) is 17.8 Å². The van der Waals surface area contributed by atoms with Crippen LogP contribution in [0.25, 0.3) is 11.0 Å². The van der Waals surface area contributed by atoms with E-state index < -0.39 is 11.9 Å². The first-order valence-electron chi connectivity index (χ1n) is 7.87. The van der Waals surface area contributed by atoms with Gasteiger partial charge in [-0.25, -0.2) is 0 Å². The fourth-order valence-electron chi connectivity index (χ4n) is 2.55. The normalized spacial score (nSPS) is 11.7. The molecule has 0 saturated carbocycles. The van der Waals surface area contributed by atoms with Gasteiger partial charge in [0.25, 0.3) is 0 Å². The maximum Gasteiger partial charge on any atom is 0.398 e. The van der Waals surface area contributed by atoms with E-state index >= 15 is 0 Å². The summed E-state index contributed by atoms with van der Waals surface area (Å²) < 4.78 is 42.8. The van der Waals surface area contributed by atoms with E-state index in [1.54, 1.807) is 24.3 Å². The molecule has 7 heteroatoms. The molecule has 0 spiro atoms. The van der Waals surface area contributed by atoms with Crippen LogP contribution in [0.4, 0.5) is 18.9 Å². The number of benzene rings is 2. The zero-order valence-corrected chi connectivity index (χ0v) is 14.7. The zero-order chi connectivity index (χ0) is 18.7. The van der Waals surface area contributed by atoms with Gasteiger partial charge in [0.2, 0.25) is 5.91 Å². The SMILES string of the molecule is Cc1ccc2c(CC(=O)Nc3ccccc3SCC(F)(F)F)coc2c1. The van der Waals surface area contributed by atoms with Crippen molar-refractivity contribution in [2.45, 2.75) is 24.4 Å². The maximum absolute atomic E-state index is 12.4. The molecule has 0 aliphatic rings. The summed E-state index contributed by atoms with van der Waals surface area (Å²) in [7, 11) is 0. The van der Waals surface area contributed by atoms with Gasteiger partial charge in [-0.05, 0) is 30.7 Å². The highest BCUT2D eigenvalue weighted by atomic mass is 32.2. The molecule has 3 rings (SSSR count). The molecule has 0 radical (unpaired) electrons. The highest BCUT2D eigenvalue weighted by Crippen LogP contribution is 2.32. The number of furan rings is 1. The third kappa shape index (κ3) is 4.60. The molecule has 0 fully saturated rings. The van der Waals surface area contributed by atoms with Gasteiger partial charge in [0.15, 0.2) is 0 Å². The van der Waals surface area contributed by atoms with Crippen molar-refractivity contribution in [2.75, 3.05) is 11.1 Å². The highest BCUT2D eigenvalue weighted by molar-refractivity contribution is 7.99. The van der Waals surface area contributed by atoms with Crippen LogP contribution in [0.3, 0.4) is 0 Å². The molecule has 0 unspecified atom stereocenters. The molecule has 1 aromatic heterocycles. The highest BCUT2D eigenvalue weighted by Gasteiger charge is 2.27. The Balaban J connectivity index is 1.72. The number of hydrogen-bond acceptors (Lipinski definition) is 3. The van der Waals surface area contributed by atoms with Crippen molar-refractivity contribution < 1.29 is 22.4 Å². The number of thioether (sulfide) groups is 1. The molecule has 0 aliphatic heterocycles. The zero-order valence-electron chi connectivity index (χ0n) is 13.9. The van der Waals surface area contributed by atoms with E-state index in [1.807, 2.05) is 25.1 Å². The number of hydrogen-bond donors (Lipinski definition) is 1. The minimum absolute atomic E-state index is 0.0777. The largest absolute Gasteiger partial charge is 0.464 e. The maximum atomic E-state index is 12.4. The molecule has 0 atom stereocenters. The van der Waals surface area contributed by atoms with Crippen LogP contribution in [0.2, 0.25) is 0 Å². The lowest BCUT2D eigenvalue weighted by Crippen LogP contribution is -2.15. The van der Waals surface area contributed by atoms with Crippen LogP contribution < -0.4 is 5.32 Å². The van der Waals surface area contributed by atoms with E-state index in [4.69, 9.17) is 4.42 Å². The molecule has 1 amide bonds. The summed E-state index contributed by atoms with van der Waals surface area (Å²) in [5.41, 5.74) is 2.86. The van der Waals surface area contributed by atoms with E-state index in [0.29, 0.717) is 27.9 Å². The summed E-state index contributed by atoms with van der Waals surface area (Å²) in [6, 6.07) is 12.2. The van der Waals surface area contributed by atoms with E-state index in [2.05, 4.69) is 5.32 Å². The van der Waals surface area contributed by atoms with Crippen LogP contribution in [0.5, 0.6) is 0 Å². The van der Waals surface area contributed by atoms with Gasteiger partial charge >= 0.3 is 6.18 Å². The van der Waals surface area contributed by atoms with Crippen LogP contribution in [0, 0.1) is 6.92 Å². The molecular formula is C19H16F3NO2S. The van der Waals surface area contributed by atoms with Crippen molar-refractivity contribution >= 4 is 34.3 Å². The molecule has 0 saturated heterocycles. The minimum atomic E-state index is -4.27. The molecule has 3 aromatic rings. The number of fused-ring (bicyclic) bond motifs is 1. The molecule has 136 valence electrons. The lowest BCUT2D eigenvalue weighted by atomic mass is 10.1. The average Bonchev–Trinajstić information content (AvgIpc) is 2.95. The minimum Gasteiger partial charge on any atom is -0.464 e. The fraction of sp³-hybridized carbons (Fsp3) is 0.211. The number of anilines is 1. The molecule has 2 aromatic carbocycles. The molecule has 0 bridgehead atoms. The van der Waals surface area contributed by atoms with E-state index in [-0.39, 0.29) is 12.3 Å². The summed E-state index contributed by atoms with van der Waals surface area (Å²) in [6.07, 6.45) is -2.65. The number of halogens is 3. The number of aryl methyl sites for hydroxylation is 1. The fourth-order valence-corrected chi connectivity index (χ4v) is 3.32. The molecule has 0 aliphatic carbocycles. The summed E-state index contributed by atoms with van der Waals surface area (Å²) in [6.45, 7) is 1.95. The van der Waals surface area contributed by atoms with Crippen molar-refractivity contribution in [2.24, 2.45) is 0 Å². The topological polar surface area (TPSA) is 42.2 Å². The van der Waals surface area contributed by atoms with Gasteiger partial charge in [-0.1, -0.05) is 24.3 Å². The molecule has 1 heterocycles. The Bertz CT molecular complexity index is 934. The number of alkyl halides is 3. The van der Waals surface area contributed by atoms with Gasteiger partial charge in [0.05, 0.1) is 24.1 Å². The summed E-state index contributed by atoms with van der Waals surface area (Å²) in [5, 5.41) is 3.54. The number of rotatable bonds is 5. The van der Waals surface area contributed by atoms with E-state index in [9.17, 15) is 18.0 Å². The van der Waals surface area contributed by atoms with Gasteiger partial charge in [0, 0.05) is 15.8 Å². The third-order valence-electron chi connectivity index (χ3n) is 3.71. The van der Waals surface area contributed by atoms with Gasteiger partial charge in [-0.3, -0.25) is 4.79 Å². The quantitative estimate of drug-likeness (QED) is 0.589. The Morgan fingerprint density at radius 2 is 1.96 bits per heavy atom. The van der Waals surface area contributed by atoms with Crippen molar-refractivity contribution in [3.05, 3.63) is 59.9 Å². The van der Waals surface area contributed by atoms with Gasteiger partial charge in [-0.2, -0.15) is 13.2 Å². The third-order valence-corrected chi connectivity index (χ3v) is 4.85. The summed E-state index contributed by atoms with van der Waals surface area (Å²) in [5.74, 6) is -1.32. The Morgan fingerprint density at radius 1 is 1.19 bits per heavy atom. The van der Waals surface area contributed by atoms with Gasteiger partial charge in [0.1, 0.15) is 5.58 Å². The van der Waals surface area contributed by atoms with Crippen molar-refractivity contribution in [1.82, 2.24) is 0 Å². The van der Waals surface area contributed by atoms with Crippen LogP contribution >= 0.6 is 11.8 Å².